The number of nitrogens with zero attached hydrogens (tertiary/aromatic N) is 1. The monoisotopic (exact) mass is 345 g/mol. The lowest BCUT2D eigenvalue weighted by Gasteiger charge is -2.24. The van der Waals surface area contributed by atoms with E-state index in [1.165, 1.54) is 25.0 Å². The van der Waals surface area contributed by atoms with E-state index in [2.05, 4.69) is 28.5 Å². The van der Waals surface area contributed by atoms with E-state index >= 15 is 0 Å². The number of carbonyl (C=O) groups is 1. The van der Waals surface area contributed by atoms with Crippen molar-refractivity contribution in [3.63, 3.8) is 0 Å². The Morgan fingerprint density at radius 1 is 1.15 bits per heavy atom. The number of carbonyl (C=O) groups excluding carboxylic acids is 1. The molecule has 0 bridgehead atoms. The van der Waals surface area contributed by atoms with Gasteiger partial charge in [0.1, 0.15) is 5.65 Å². The van der Waals surface area contributed by atoms with Crippen molar-refractivity contribution in [3.8, 4) is 11.1 Å². The van der Waals surface area contributed by atoms with Crippen LogP contribution in [0.25, 0.3) is 22.2 Å². The number of H-pyrrole nitrogens is 1. The molecule has 0 radical (unpaired) electrons. The molecule has 4 nitrogen and oxygen atoms in total. The molecule has 132 valence electrons. The smallest absolute Gasteiger partial charge is 0.252 e. The second-order valence-electron chi connectivity index (χ2n) is 8.24. The van der Waals surface area contributed by atoms with Gasteiger partial charge in [-0.15, -0.1) is 0 Å². The number of pyridine rings is 1. The van der Waals surface area contributed by atoms with E-state index in [0.717, 1.165) is 45.6 Å². The van der Waals surface area contributed by atoms with Crippen LogP contribution >= 0.6 is 0 Å². The number of hydrogen-bond donors (Lipinski definition) is 2. The van der Waals surface area contributed by atoms with E-state index in [1.54, 1.807) is 0 Å². The standard InChI is InChI=1S/C22H23N3O/c1-22(2)19-11-14(6-8-17(19)21(26)25-22)18-12-23-20-16(18)9-7-15(24-20)10-13-4-3-5-13/h6-9,11-13H,3-5,10H2,1-2H3,(H,23,24)(H,25,26). The maximum absolute atomic E-state index is 12.1. The fourth-order valence-corrected chi connectivity index (χ4v) is 4.24. The number of nitrogens with one attached hydrogen (secondary N) is 2. The van der Waals surface area contributed by atoms with Gasteiger partial charge in [-0.2, -0.15) is 0 Å². The molecule has 4 heteroatoms. The summed E-state index contributed by atoms with van der Waals surface area (Å²) in [6.07, 6.45) is 7.17. The Morgan fingerprint density at radius 3 is 2.77 bits per heavy atom. The molecule has 1 amide bonds. The molecule has 0 unspecified atom stereocenters. The summed E-state index contributed by atoms with van der Waals surface area (Å²) < 4.78 is 0. The first kappa shape index (κ1) is 15.6. The molecule has 2 aromatic heterocycles. The molecule has 26 heavy (non-hydrogen) atoms. The highest BCUT2D eigenvalue weighted by Crippen LogP contribution is 2.36. The van der Waals surface area contributed by atoms with Crippen molar-refractivity contribution in [3.05, 3.63) is 53.3 Å². The normalized spacial score (nSPS) is 18.6. The van der Waals surface area contributed by atoms with Crippen LogP contribution in [-0.4, -0.2) is 15.9 Å². The maximum atomic E-state index is 12.1. The number of aromatic nitrogens is 2. The Kier molecular flexibility index (Phi) is 3.27. The lowest BCUT2D eigenvalue weighted by Crippen LogP contribution is -2.32. The third-order valence-corrected chi connectivity index (χ3v) is 5.99. The second kappa shape index (κ2) is 5.44. The molecule has 1 saturated carbocycles. The first-order valence-corrected chi connectivity index (χ1v) is 9.46. The Labute approximate surface area is 153 Å². The Balaban J connectivity index is 1.54. The molecule has 2 N–H and O–H groups in total. The van der Waals surface area contributed by atoms with Crippen molar-refractivity contribution in [2.45, 2.75) is 45.1 Å². The molecule has 1 aliphatic carbocycles. The zero-order chi connectivity index (χ0) is 17.9. The molecule has 3 heterocycles. The van der Waals surface area contributed by atoms with Crippen molar-refractivity contribution >= 4 is 16.9 Å². The van der Waals surface area contributed by atoms with Gasteiger partial charge < -0.3 is 10.3 Å². The highest BCUT2D eigenvalue weighted by Gasteiger charge is 2.35. The van der Waals surface area contributed by atoms with Crippen LogP contribution in [0.1, 0.15) is 54.7 Å². The largest absolute Gasteiger partial charge is 0.346 e. The number of hydrogen-bond acceptors (Lipinski definition) is 2. The predicted molar refractivity (Wildman–Crippen MR) is 103 cm³/mol. The van der Waals surface area contributed by atoms with E-state index in [0.29, 0.717) is 0 Å². The van der Waals surface area contributed by atoms with Gasteiger partial charge in [-0.1, -0.05) is 25.3 Å². The third kappa shape index (κ3) is 2.36. The quantitative estimate of drug-likeness (QED) is 0.731. The minimum atomic E-state index is -0.331. The number of amides is 1. The van der Waals surface area contributed by atoms with Gasteiger partial charge in [0, 0.05) is 28.4 Å². The van der Waals surface area contributed by atoms with Crippen molar-refractivity contribution < 1.29 is 4.79 Å². The molecule has 1 aromatic carbocycles. The van der Waals surface area contributed by atoms with E-state index in [-0.39, 0.29) is 11.4 Å². The Bertz CT molecular complexity index is 1030. The summed E-state index contributed by atoms with van der Waals surface area (Å²) in [7, 11) is 0. The Hall–Kier alpha value is -2.62. The van der Waals surface area contributed by atoms with E-state index in [1.807, 2.05) is 32.2 Å². The number of aromatic amines is 1. The number of rotatable bonds is 3. The summed E-state index contributed by atoms with van der Waals surface area (Å²) in [5.41, 5.74) is 5.89. The Morgan fingerprint density at radius 2 is 2.00 bits per heavy atom. The van der Waals surface area contributed by atoms with Crippen LogP contribution in [-0.2, 0) is 12.0 Å². The van der Waals surface area contributed by atoms with Crippen LogP contribution in [0.4, 0.5) is 0 Å². The van der Waals surface area contributed by atoms with E-state index in [9.17, 15) is 4.79 Å². The first-order valence-electron chi connectivity index (χ1n) is 9.46. The maximum Gasteiger partial charge on any atom is 0.252 e. The molecule has 3 aromatic rings. The van der Waals surface area contributed by atoms with Crippen LogP contribution in [0.15, 0.2) is 36.5 Å². The van der Waals surface area contributed by atoms with Gasteiger partial charge in [0.25, 0.3) is 5.91 Å². The minimum Gasteiger partial charge on any atom is -0.346 e. The average Bonchev–Trinajstić information content (AvgIpc) is 3.09. The van der Waals surface area contributed by atoms with E-state index < -0.39 is 0 Å². The molecule has 2 aliphatic rings. The first-order chi connectivity index (χ1) is 12.5. The van der Waals surface area contributed by atoms with Crippen LogP contribution in [0, 0.1) is 5.92 Å². The van der Waals surface area contributed by atoms with Crippen molar-refractivity contribution in [2.24, 2.45) is 5.92 Å². The van der Waals surface area contributed by atoms with Gasteiger partial charge in [0.05, 0.1) is 5.54 Å². The summed E-state index contributed by atoms with van der Waals surface area (Å²) in [6.45, 7) is 4.09. The van der Waals surface area contributed by atoms with Gasteiger partial charge in [0.15, 0.2) is 0 Å². The van der Waals surface area contributed by atoms with Crippen molar-refractivity contribution in [2.75, 3.05) is 0 Å². The van der Waals surface area contributed by atoms with Gasteiger partial charge in [0.2, 0.25) is 0 Å². The van der Waals surface area contributed by atoms with Gasteiger partial charge in [-0.05, 0) is 61.6 Å². The van der Waals surface area contributed by atoms with Crippen LogP contribution in [0.3, 0.4) is 0 Å². The average molecular weight is 345 g/mol. The summed E-state index contributed by atoms with van der Waals surface area (Å²) in [5, 5.41) is 4.18. The molecule has 5 rings (SSSR count). The molecule has 0 saturated heterocycles. The summed E-state index contributed by atoms with van der Waals surface area (Å²) in [4.78, 5) is 20.3. The van der Waals surface area contributed by atoms with E-state index in [4.69, 9.17) is 4.98 Å². The van der Waals surface area contributed by atoms with Crippen LogP contribution in [0.5, 0.6) is 0 Å². The minimum absolute atomic E-state index is 0.0118. The third-order valence-electron chi connectivity index (χ3n) is 5.99. The highest BCUT2D eigenvalue weighted by atomic mass is 16.2. The SMILES string of the molecule is CC1(C)NC(=O)c2ccc(-c3c[nH]c4nc(CC5CCC5)ccc34)cc21. The molecule has 1 fully saturated rings. The van der Waals surface area contributed by atoms with Crippen molar-refractivity contribution in [1.29, 1.82) is 0 Å². The molecule has 0 spiro atoms. The van der Waals surface area contributed by atoms with Gasteiger partial charge in [-0.25, -0.2) is 4.98 Å². The number of benzene rings is 1. The fourth-order valence-electron chi connectivity index (χ4n) is 4.24. The van der Waals surface area contributed by atoms with Gasteiger partial charge in [-0.3, -0.25) is 4.79 Å². The van der Waals surface area contributed by atoms with Crippen molar-refractivity contribution in [1.82, 2.24) is 15.3 Å². The zero-order valence-electron chi connectivity index (χ0n) is 15.2. The topological polar surface area (TPSA) is 57.8 Å². The lowest BCUT2D eigenvalue weighted by atomic mass is 9.82. The van der Waals surface area contributed by atoms with Crippen LogP contribution < -0.4 is 5.32 Å². The molecule has 1 aliphatic heterocycles. The fraction of sp³-hybridized carbons (Fsp3) is 0.364. The second-order valence-corrected chi connectivity index (χ2v) is 8.24. The lowest BCUT2D eigenvalue weighted by molar-refractivity contribution is 0.0940. The van der Waals surface area contributed by atoms with Crippen LogP contribution in [0.2, 0.25) is 0 Å². The summed E-state index contributed by atoms with van der Waals surface area (Å²) in [6, 6.07) is 10.5. The summed E-state index contributed by atoms with van der Waals surface area (Å²) >= 11 is 0. The molecular formula is C22H23N3O. The number of fused-ring (bicyclic) bond motifs is 2. The highest BCUT2D eigenvalue weighted by molar-refractivity contribution is 6.01. The summed E-state index contributed by atoms with van der Waals surface area (Å²) in [5.74, 6) is 0.830. The zero-order valence-corrected chi connectivity index (χ0v) is 15.2. The predicted octanol–water partition coefficient (Wildman–Crippen LogP) is 4.55. The van der Waals surface area contributed by atoms with Gasteiger partial charge >= 0.3 is 0 Å². The molecular weight excluding hydrogens is 322 g/mol. The molecule has 0 atom stereocenters.